The lowest BCUT2D eigenvalue weighted by atomic mass is 10.1. The minimum atomic E-state index is 0.593. The van der Waals surface area contributed by atoms with Crippen molar-refractivity contribution < 1.29 is 0 Å². The molecular formula is C14H25N5. The standard InChI is InChI=1S/C14H25N5/c1-4-12-13(15)17-9-18-14(12)16-7-11-5-6-19(8-11)10(2)3/h9-11H,4-8H2,1-3H3,(H3,15,16,17,18). The Morgan fingerprint density at radius 1 is 1.47 bits per heavy atom. The Bertz CT molecular complexity index is 418. The molecule has 0 saturated carbocycles. The molecular weight excluding hydrogens is 238 g/mol. The number of nitrogens with one attached hydrogen (secondary N) is 1. The van der Waals surface area contributed by atoms with Crippen LogP contribution in [0.25, 0.3) is 0 Å². The minimum absolute atomic E-state index is 0.593. The summed E-state index contributed by atoms with van der Waals surface area (Å²) in [5, 5.41) is 3.45. The molecule has 0 radical (unpaired) electrons. The summed E-state index contributed by atoms with van der Waals surface area (Å²) in [7, 11) is 0. The lowest BCUT2D eigenvalue weighted by Crippen LogP contribution is -2.29. The first-order valence-electron chi connectivity index (χ1n) is 7.19. The molecule has 1 unspecified atom stereocenters. The van der Waals surface area contributed by atoms with Crippen LogP contribution in [-0.4, -0.2) is 40.5 Å². The number of nitrogen functional groups attached to an aromatic ring is 1. The molecule has 0 aliphatic carbocycles. The summed E-state index contributed by atoms with van der Waals surface area (Å²) in [6.07, 6.45) is 3.65. The molecule has 1 fully saturated rings. The molecule has 5 heteroatoms. The van der Waals surface area contributed by atoms with Gasteiger partial charge in [0, 0.05) is 24.7 Å². The molecule has 0 spiro atoms. The number of anilines is 2. The minimum Gasteiger partial charge on any atom is -0.383 e. The normalized spacial score (nSPS) is 20.1. The largest absolute Gasteiger partial charge is 0.383 e. The summed E-state index contributed by atoms with van der Waals surface area (Å²) in [5.74, 6) is 2.19. The van der Waals surface area contributed by atoms with Crippen LogP contribution in [0.15, 0.2) is 6.33 Å². The van der Waals surface area contributed by atoms with Crippen molar-refractivity contribution in [1.29, 1.82) is 0 Å². The molecule has 3 N–H and O–H groups in total. The third kappa shape index (κ3) is 3.35. The number of hydrogen-bond acceptors (Lipinski definition) is 5. The summed E-state index contributed by atoms with van der Waals surface area (Å²) >= 11 is 0. The Hall–Kier alpha value is -1.36. The Kier molecular flexibility index (Phi) is 4.58. The van der Waals surface area contributed by atoms with E-state index in [1.165, 1.54) is 25.8 Å². The number of aromatic nitrogens is 2. The number of nitrogens with two attached hydrogens (primary N) is 1. The third-order valence-corrected chi connectivity index (χ3v) is 3.94. The van der Waals surface area contributed by atoms with Gasteiger partial charge < -0.3 is 16.0 Å². The molecule has 1 aromatic heterocycles. The Labute approximate surface area is 115 Å². The Morgan fingerprint density at radius 2 is 2.26 bits per heavy atom. The lowest BCUT2D eigenvalue weighted by molar-refractivity contribution is 0.266. The van der Waals surface area contributed by atoms with Crippen LogP contribution >= 0.6 is 0 Å². The monoisotopic (exact) mass is 263 g/mol. The van der Waals surface area contributed by atoms with Crippen LogP contribution in [0.3, 0.4) is 0 Å². The first-order chi connectivity index (χ1) is 9.11. The van der Waals surface area contributed by atoms with Crippen LogP contribution in [0.1, 0.15) is 32.8 Å². The quantitative estimate of drug-likeness (QED) is 0.847. The molecule has 2 heterocycles. The smallest absolute Gasteiger partial charge is 0.134 e. The van der Waals surface area contributed by atoms with E-state index in [9.17, 15) is 0 Å². The zero-order chi connectivity index (χ0) is 13.8. The predicted molar refractivity (Wildman–Crippen MR) is 79.1 cm³/mol. The van der Waals surface area contributed by atoms with Crippen LogP contribution in [0, 0.1) is 5.92 Å². The molecule has 0 aromatic carbocycles. The summed E-state index contributed by atoms with van der Waals surface area (Å²) in [5.41, 5.74) is 6.91. The number of rotatable bonds is 5. The van der Waals surface area contributed by atoms with Crippen molar-refractivity contribution >= 4 is 11.6 Å². The second-order valence-corrected chi connectivity index (χ2v) is 5.56. The summed E-state index contributed by atoms with van der Waals surface area (Å²) < 4.78 is 0. The zero-order valence-corrected chi connectivity index (χ0v) is 12.2. The van der Waals surface area contributed by atoms with Gasteiger partial charge in [0.05, 0.1) is 0 Å². The second-order valence-electron chi connectivity index (χ2n) is 5.56. The maximum absolute atomic E-state index is 5.88. The molecule has 1 aliphatic rings. The highest BCUT2D eigenvalue weighted by molar-refractivity contribution is 5.54. The average molecular weight is 263 g/mol. The highest BCUT2D eigenvalue weighted by atomic mass is 15.2. The lowest BCUT2D eigenvalue weighted by Gasteiger charge is -2.20. The number of nitrogens with zero attached hydrogens (tertiary/aromatic N) is 3. The van der Waals surface area contributed by atoms with Crippen molar-refractivity contribution in [3.63, 3.8) is 0 Å². The molecule has 106 valence electrons. The first-order valence-corrected chi connectivity index (χ1v) is 7.19. The third-order valence-electron chi connectivity index (χ3n) is 3.94. The fourth-order valence-electron chi connectivity index (χ4n) is 2.67. The van der Waals surface area contributed by atoms with Gasteiger partial charge in [0.25, 0.3) is 0 Å². The maximum atomic E-state index is 5.88. The number of hydrogen-bond donors (Lipinski definition) is 2. The summed E-state index contributed by atoms with van der Waals surface area (Å²) in [6, 6.07) is 0.644. The molecule has 1 saturated heterocycles. The van der Waals surface area contributed by atoms with E-state index in [0.717, 1.165) is 24.3 Å². The van der Waals surface area contributed by atoms with Gasteiger partial charge >= 0.3 is 0 Å². The predicted octanol–water partition coefficient (Wildman–Crippen LogP) is 1.76. The van der Waals surface area contributed by atoms with Crippen LogP contribution in [0.2, 0.25) is 0 Å². The molecule has 0 bridgehead atoms. The van der Waals surface area contributed by atoms with Crippen molar-refractivity contribution in [2.45, 2.75) is 39.7 Å². The zero-order valence-electron chi connectivity index (χ0n) is 12.2. The maximum Gasteiger partial charge on any atom is 0.134 e. The van der Waals surface area contributed by atoms with Gasteiger partial charge in [0.2, 0.25) is 0 Å². The van der Waals surface area contributed by atoms with Gasteiger partial charge in [0.15, 0.2) is 0 Å². The molecule has 19 heavy (non-hydrogen) atoms. The fraction of sp³-hybridized carbons (Fsp3) is 0.714. The van der Waals surface area contributed by atoms with E-state index < -0.39 is 0 Å². The Morgan fingerprint density at radius 3 is 2.89 bits per heavy atom. The first kappa shape index (κ1) is 14.1. The van der Waals surface area contributed by atoms with E-state index in [0.29, 0.717) is 17.8 Å². The average Bonchev–Trinajstić information content (AvgIpc) is 2.85. The van der Waals surface area contributed by atoms with Crippen LogP contribution in [-0.2, 0) is 6.42 Å². The van der Waals surface area contributed by atoms with Gasteiger partial charge in [-0.1, -0.05) is 6.92 Å². The van der Waals surface area contributed by atoms with Crippen molar-refractivity contribution in [2.24, 2.45) is 5.92 Å². The summed E-state index contributed by atoms with van der Waals surface area (Å²) in [4.78, 5) is 10.9. The van der Waals surface area contributed by atoms with Gasteiger partial charge in [0.1, 0.15) is 18.0 Å². The van der Waals surface area contributed by atoms with Crippen LogP contribution in [0.4, 0.5) is 11.6 Å². The topological polar surface area (TPSA) is 67.1 Å². The van der Waals surface area contributed by atoms with Gasteiger partial charge in [-0.25, -0.2) is 9.97 Å². The Balaban J connectivity index is 1.91. The highest BCUT2D eigenvalue weighted by Gasteiger charge is 2.24. The highest BCUT2D eigenvalue weighted by Crippen LogP contribution is 2.21. The SMILES string of the molecule is CCc1c(N)ncnc1NCC1CCN(C(C)C)C1. The molecule has 0 amide bonds. The van der Waals surface area contributed by atoms with Crippen molar-refractivity contribution in [3.05, 3.63) is 11.9 Å². The van der Waals surface area contributed by atoms with E-state index in [1.54, 1.807) is 0 Å². The van der Waals surface area contributed by atoms with E-state index in [1.807, 2.05) is 0 Å². The summed E-state index contributed by atoms with van der Waals surface area (Å²) in [6.45, 7) is 9.94. The van der Waals surface area contributed by atoms with Gasteiger partial charge in [-0.15, -0.1) is 0 Å². The van der Waals surface area contributed by atoms with Crippen LogP contribution in [0.5, 0.6) is 0 Å². The fourth-order valence-corrected chi connectivity index (χ4v) is 2.67. The van der Waals surface area contributed by atoms with Crippen molar-refractivity contribution in [2.75, 3.05) is 30.7 Å². The molecule has 1 aliphatic heterocycles. The van der Waals surface area contributed by atoms with Crippen molar-refractivity contribution in [3.8, 4) is 0 Å². The molecule has 1 atom stereocenters. The molecule has 5 nitrogen and oxygen atoms in total. The van der Waals surface area contributed by atoms with E-state index in [-0.39, 0.29) is 0 Å². The van der Waals surface area contributed by atoms with Crippen molar-refractivity contribution in [1.82, 2.24) is 14.9 Å². The molecule has 1 aromatic rings. The molecule has 2 rings (SSSR count). The van der Waals surface area contributed by atoms with Gasteiger partial charge in [-0.05, 0) is 39.2 Å². The second kappa shape index (κ2) is 6.19. The number of likely N-dealkylation sites (tertiary alicyclic amines) is 1. The van der Waals surface area contributed by atoms with Gasteiger partial charge in [-0.3, -0.25) is 0 Å². The van der Waals surface area contributed by atoms with Crippen LogP contribution < -0.4 is 11.1 Å². The van der Waals surface area contributed by atoms with E-state index in [2.05, 4.69) is 41.0 Å². The van der Waals surface area contributed by atoms with E-state index >= 15 is 0 Å². The van der Waals surface area contributed by atoms with Gasteiger partial charge in [-0.2, -0.15) is 0 Å². The van der Waals surface area contributed by atoms with E-state index in [4.69, 9.17) is 5.73 Å².